The van der Waals surface area contributed by atoms with E-state index in [9.17, 15) is 10.1 Å². The molecule has 1 aromatic heterocycles. The van der Waals surface area contributed by atoms with Crippen molar-refractivity contribution >= 4 is 11.5 Å². The number of aliphatic hydroxyl groups excluding tert-OH is 1. The molecule has 1 heterocycles. The molecule has 0 aliphatic carbocycles. The van der Waals surface area contributed by atoms with Crippen molar-refractivity contribution in [3.05, 3.63) is 28.4 Å². The summed E-state index contributed by atoms with van der Waals surface area (Å²) in [6.07, 6.45) is 1.90. The Bertz CT molecular complexity index is 365. The molecule has 0 aromatic carbocycles. The van der Waals surface area contributed by atoms with Crippen LogP contribution in [0.1, 0.15) is 20.3 Å². The van der Waals surface area contributed by atoms with E-state index in [1.165, 1.54) is 12.3 Å². The van der Waals surface area contributed by atoms with Crippen molar-refractivity contribution in [3.8, 4) is 0 Å². The van der Waals surface area contributed by atoms with E-state index in [1.807, 2.05) is 18.7 Å². The van der Waals surface area contributed by atoms with E-state index in [4.69, 9.17) is 5.11 Å². The minimum atomic E-state index is -0.468. The van der Waals surface area contributed by atoms with Gasteiger partial charge in [-0.05, 0) is 26.3 Å². The van der Waals surface area contributed by atoms with Gasteiger partial charge in [-0.25, -0.2) is 4.98 Å². The van der Waals surface area contributed by atoms with E-state index in [0.29, 0.717) is 18.8 Å². The molecular weight excluding hydrogens is 222 g/mol. The van der Waals surface area contributed by atoms with Crippen molar-refractivity contribution in [2.45, 2.75) is 26.3 Å². The lowest BCUT2D eigenvalue weighted by atomic mass is 10.2. The molecule has 1 rings (SSSR count). The first-order valence-electron chi connectivity index (χ1n) is 5.54. The Hall–Kier alpha value is -1.69. The molecule has 17 heavy (non-hydrogen) atoms. The highest BCUT2D eigenvalue weighted by atomic mass is 16.6. The molecule has 6 nitrogen and oxygen atoms in total. The zero-order valence-corrected chi connectivity index (χ0v) is 10.0. The normalized spacial score (nSPS) is 10.6. The van der Waals surface area contributed by atoms with Gasteiger partial charge in [-0.15, -0.1) is 0 Å². The Morgan fingerprint density at radius 2 is 2.24 bits per heavy atom. The summed E-state index contributed by atoms with van der Waals surface area (Å²) in [6, 6.07) is 3.31. The van der Waals surface area contributed by atoms with Crippen molar-refractivity contribution in [2.24, 2.45) is 0 Å². The summed E-state index contributed by atoms with van der Waals surface area (Å²) in [4.78, 5) is 16.1. The lowest BCUT2D eigenvalue weighted by molar-refractivity contribution is -0.385. The van der Waals surface area contributed by atoms with Crippen molar-refractivity contribution in [2.75, 3.05) is 18.1 Å². The third kappa shape index (κ3) is 3.67. The lowest BCUT2D eigenvalue weighted by Gasteiger charge is -2.27. The number of hydrogen-bond acceptors (Lipinski definition) is 5. The van der Waals surface area contributed by atoms with Crippen LogP contribution in [0.15, 0.2) is 18.3 Å². The number of aromatic nitrogens is 1. The second-order valence-corrected chi connectivity index (χ2v) is 4.00. The third-order valence-electron chi connectivity index (χ3n) is 2.42. The predicted octanol–water partition coefficient (Wildman–Crippen LogP) is 1.59. The molecule has 6 heteroatoms. The SMILES string of the molecule is CC(C)N(CCCO)c1ccc([N+](=O)[O-])cn1. The fourth-order valence-corrected chi connectivity index (χ4v) is 1.53. The topological polar surface area (TPSA) is 79.5 Å². The smallest absolute Gasteiger partial charge is 0.287 e. The highest BCUT2D eigenvalue weighted by Crippen LogP contribution is 2.17. The van der Waals surface area contributed by atoms with Crippen LogP contribution in [0.4, 0.5) is 11.5 Å². The first kappa shape index (κ1) is 13.4. The minimum absolute atomic E-state index is 0.0142. The summed E-state index contributed by atoms with van der Waals surface area (Å²) in [7, 11) is 0. The molecular formula is C11H17N3O3. The van der Waals surface area contributed by atoms with Gasteiger partial charge >= 0.3 is 0 Å². The quantitative estimate of drug-likeness (QED) is 0.602. The van der Waals surface area contributed by atoms with Crippen molar-refractivity contribution in [3.63, 3.8) is 0 Å². The molecule has 0 amide bonds. The third-order valence-corrected chi connectivity index (χ3v) is 2.42. The van der Waals surface area contributed by atoms with Crippen LogP contribution in [-0.4, -0.2) is 34.2 Å². The van der Waals surface area contributed by atoms with Gasteiger partial charge < -0.3 is 10.0 Å². The van der Waals surface area contributed by atoms with Gasteiger partial charge in [0.1, 0.15) is 12.0 Å². The van der Waals surface area contributed by atoms with Gasteiger partial charge in [0.15, 0.2) is 0 Å². The molecule has 0 aliphatic heterocycles. The maximum absolute atomic E-state index is 10.5. The summed E-state index contributed by atoms with van der Waals surface area (Å²) < 4.78 is 0. The monoisotopic (exact) mass is 239 g/mol. The highest BCUT2D eigenvalue weighted by Gasteiger charge is 2.13. The average Bonchev–Trinajstić information content (AvgIpc) is 2.29. The summed E-state index contributed by atoms with van der Waals surface area (Å²) in [5, 5.41) is 19.3. The van der Waals surface area contributed by atoms with Crippen LogP contribution < -0.4 is 4.90 Å². The fraction of sp³-hybridized carbons (Fsp3) is 0.545. The van der Waals surface area contributed by atoms with Gasteiger partial charge in [-0.3, -0.25) is 10.1 Å². The second kappa shape index (κ2) is 6.15. The molecule has 0 bridgehead atoms. The van der Waals surface area contributed by atoms with Crippen LogP contribution in [0.25, 0.3) is 0 Å². The summed E-state index contributed by atoms with van der Waals surface area (Å²) >= 11 is 0. The molecule has 0 unspecified atom stereocenters. The van der Waals surface area contributed by atoms with Gasteiger partial charge in [0, 0.05) is 25.3 Å². The lowest BCUT2D eigenvalue weighted by Crippen LogP contribution is -2.32. The minimum Gasteiger partial charge on any atom is -0.396 e. The number of anilines is 1. The maximum Gasteiger partial charge on any atom is 0.287 e. The fourth-order valence-electron chi connectivity index (χ4n) is 1.53. The molecule has 0 saturated carbocycles. The van der Waals surface area contributed by atoms with Gasteiger partial charge in [-0.2, -0.15) is 0 Å². The Balaban J connectivity index is 2.83. The van der Waals surface area contributed by atoms with E-state index >= 15 is 0 Å². The molecule has 0 saturated heterocycles. The maximum atomic E-state index is 10.5. The first-order chi connectivity index (χ1) is 8.06. The number of hydrogen-bond donors (Lipinski definition) is 1. The van der Waals surface area contributed by atoms with Crippen LogP contribution in [0.2, 0.25) is 0 Å². The number of rotatable bonds is 6. The molecule has 1 aromatic rings. The Morgan fingerprint density at radius 1 is 1.53 bits per heavy atom. The number of pyridine rings is 1. The van der Waals surface area contributed by atoms with E-state index < -0.39 is 4.92 Å². The zero-order valence-electron chi connectivity index (χ0n) is 10.0. The molecule has 1 N–H and O–H groups in total. The Labute approximate surface area is 100 Å². The van der Waals surface area contributed by atoms with Crippen LogP contribution in [-0.2, 0) is 0 Å². The summed E-state index contributed by atoms with van der Waals surface area (Å²) in [5.74, 6) is 0.694. The average molecular weight is 239 g/mol. The van der Waals surface area contributed by atoms with Crippen molar-refractivity contribution in [1.82, 2.24) is 4.98 Å². The van der Waals surface area contributed by atoms with Crippen LogP contribution >= 0.6 is 0 Å². The van der Waals surface area contributed by atoms with Gasteiger partial charge in [0.2, 0.25) is 0 Å². The van der Waals surface area contributed by atoms with E-state index in [2.05, 4.69) is 4.98 Å². The first-order valence-corrected chi connectivity index (χ1v) is 5.54. The number of nitrogens with zero attached hydrogens (tertiary/aromatic N) is 3. The molecule has 0 fully saturated rings. The Morgan fingerprint density at radius 3 is 2.65 bits per heavy atom. The predicted molar refractivity (Wildman–Crippen MR) is 65.1 cm³/mol. The van der Waals surface area contributed by atoms with Crippen LogP contribution in [0.5, 0.6) is 0 Å². The van der Waals surface area contributed by atoms with Gasteiger partial charge in [0.25, 0.3) is 5.69 Å². The van der Waals surface area contributed by atoms with Gasteiger partial charge in [-0.1, -0.05) is 0 Å². The van der Waals surface area contributed by atoms with E-state index in [0.717, 1.165) is 0 Å². The molecule has 0 spiro atoms. The summed E-state index contributed by atoms with van der Waals surface area (Å²) in [5.41, 5.74) is -0.0142. The zero-order chi connectivity index (χ0) is 12.8. The molecule has 0 aliphatic rings. The largest absolute Gasteiger partial charge is 0.396 e. The Kier molecular flexibility index (Phi) is 4.84. The number of nitro groups is 1. The standard InChI is InChI=1S/C11H17N3O3/c1-9(2)13(6-3-7-15)11-5-4-10(8-12-11)14(16)17/h4-5,8-9,15H,3,6-7H2,1-2H3. The summed E-state index contributed by atoms with van der Waals surface area (Å²) in [6.45, 7) is 4.83. The van der Waals surface area contributed by atoms with Crippen molar-refractivity contribution in [1.29, 1.82) is 0 Å². The molecule has 94 valence electrons. The van der Waals surface area contributed by atoms with Gasteiger partial charge in [0.05, 0.1) is 4.92 Å². The van der Waals surface area contributed by atoms with Crippen LogP contribution in [0.3, 0.4) is 0 Å². The van der Waals surface area contributed by atoms with Crippen LogP contribution in [0, 0.1) is 10.1 Å². The molecule has 0 atom stereocenters. The molecule has 0 radical (unpaired) electrons. The van der Waals surface area contributed by atoms with E-state index in [1.54, 1.807) is 6.07 Å². The number of aliphatic hydroxyl groups is 1. The second-order valence-electron chi connectivity index (χ2n) is 4.00. The van der Waals surface area contributed by atoms with E-state index in [-0.39, 0.29) is 18.3 Å². The van der Waals surface area contributed by atoms with Crippen molar-refractivity contribution < 1.29 is 10.0 Å². The highest BCUT2D eigenvalue weighted by molar-refractivity contribution is 5.43.